The number of carbonyl (C=O) groups is 1. The Bertz CT molecular complexity index is 347. The molecule has 1 aliphatic rings. The van der Waals surface area contributed by atoms with Gasteiger partial charge in [-0.2, -0.15) is 5.10 Å². The fourth-order valence-electron chi connectivity index (χ4n) is 1.72. The van der Waals surface area contributed by atoms with E-state index in [0.717, 1.165) is 23.4 Å². The number of aryl methyl sites for hydroxylation is 2. The van der Waals surface area contributed by atoms with Crippen LogP contribution in [-0.4, -0.2) is 34.3 Å². The molecule has 1 amide bonds. The van der Waals surface area contributed by atoms with Gasteiger partial charge in [0, 0.05) is 11.3 Å². The van der Waals surface area contributed by atoms with E-state index in [1.807, 2.05) is 13.8 Å². The van der Waals surface area contributed by atoms with E-state index in [-0.39, 0.29) is 5.91 Å². The van der Waals surface area contributed by atoms with Crippen LogP contribution in [0.1, 0.15) is 23.4 Å². The van der Waals surface area contributed by atoms with Crippen molar-refractivity contribution in [3.8, 4) is 0 Å². The predicted octanol–water partition coefficient (Wildman–Crippen LogP) is 0.733. The van der Waals surface area contributed by atoms with E-state index in [1.165, 1.54) is 5.06 Å². The van der Waals surface area contributed by atoms with E-state index in [9.17, 15) is 4.79 Å². The van der Waals surface area contributed by atoms with Gasteiger partial charge in [0.25, 0.3) is 5.91 Å². The zero-order valence-electron chi connectivity index (χ0n) is 9.04. The molecule has 82 valence electrons. The van der Waals surface area contributed by atoms with Gasteiger partial charge in [0.1, 0.15) is 0 Å². The second-order valence-corrected chi connectivity index (χ2v) is 3.77. The highest BCUT2D eigenvalue weighted by Crippen LogP contribution is 2.13. The Morgan fingerprint density at radius 1 is 1.60 bits per heavy atom. The maximum atomic E-state index is 11.8. The Morgan fingerprint density at radius 3 is 2.93 bits per heavy atom. The molecular formula is C10H15N3O2. The maximum absolute atomic E-state index is 11.8. The molecule has 1 aromatic heterocycles. The summed E-state index contributed by atoms with van der Waals surface area (Å²) in [5, 5.41) is 8.38. The lowest BCUT2D eigenvalue weighted by Gasteiger charge is -2.13. The number of nitrogens with one attached hydrogen (secondary N) is 1. The van der Waals surface area contributed by atoms with Gasteiger partial charge in [-0.25, -0.2) is 5.06 Å². The van der Waals surface area contributed by atoms with Crippen LogP contribution in [0.3, 0.4) is 0 Å². The number of amides is 1. The van der Waals surface area contributed by atoms with Crippen LogP contribution in [0, 0.1) is 13.8 Å². The van der Waals surface area contributed by atoms with E-state index in [4.69, 9.17) is 4.84 Å². The van der Waals surface area contributed by atoms with E-state index < -0.39 is 0 Å². The lowest BCUT2D eigenvalue weighted by molar-refractivity contribution is -0.167. The largest absolute Gasteiger partial charge is 0.282 e. The molecule has 1 N–H and O–H groups in total. The van der Waals surface area contributed by atoms with Crippen LogP contribution >= 0.6 is 0 Å². The van der Waals surface area contributed by atoms with E-state index in [0.29, 0.717) is 19.6 Å². The third-order valence-corrected chi connectivity index (χ3v) is 2.64. The first-order valence-corrected chi connectivity index (χ1v) is 5.12. The molecule has 5 nitrogen and oxygen atoms in total. The molecule has 0 bridgehead atoms. The fraction of sp³-hybridized carbons (Fsp3) is 0.600. The van der Waals surface area contributed by atoms with Crippen LogP contribution in [0.4, 0.5) is 0 Å². The van der Waals surface area contributed by atoms with Gasteiger partial charge >= 0.3 is 0 Å². The van der Waals surface area contributed by atoms with Gasteiger partial charge < -0.3 is 0 Å². The molecule has 1 saturated heterocycles. The summed E-state index contributed by atoms with van der Waals surface area (Å²) in [6.07, 6.45) is 1.29. The average molecular weight is 209 g/mol. The van der Waals surface area contributed by atoms with Gasteiger partial charge in [-0.1, -0.05) is 0 Å². The molecule has 5 heteroatoms. The summed E-state index contributed by atoms with van der Waals surface area (Å²) >= 11 is 0. The van der Waals surface area contributed by atoms with Crippen molar-refractivity contribution in [2.45, 2.75) is 26.7 Å². The van der Waals surface area contributed by atoms with Gasteiger partial charge in [0.2, 0.25) is 0 Å². The molecular weight excluding hydrogens is 194 g/mol. The van der Waals surface area contributed by atoms with Crippen LogP contribution in [0.15, 0.2) is 0 Å². The molecule has 15 heavy (non-hydrogen) atoms. The Kier molecular flexibility index (Phi) is 2.73. The van der Waals surface area contributed by atoms with Gasteiger partial charge in [0.15, 0.2) is 0 Å². The molecule has 2 rings (SSSR count). The molecule has 2 heterocycles. The minimum Gasteiger partial charge on any atom is -0.282 e. The van der Waals surface area contributed by atoms with Crippen molar-refractivity contribution < 1.29 is 9.63 Å². The molecule has 0 aliphatic carbocycles. The first-order valence-electron chi connectivity index (χ1n) is 5.12. The highest BCUT2D eigenvalue weighted by Gasteiger charge is 2.21. The van der Waals surface area contributed by atoms with Crippen LogP contribution in [0.25, 0.3) is 0 Å². The highest BCUT2D eigenvalue weighted by atomic mass is 16.7. The number of rotatable bonds is 2. The molecule has 0 atom stereocenters. The smallest absolute Gasteiger partial charge is 0.250 e. The topological polar surface area (TPSA) is 58.2 Å². The van der Waals surface area contributed by atoms with E-state index in [2.05, 4.69) is 10.2 Å². The van der Waals surface area contributed by atoms with Crippen LogP contribution in [-0.2, 0) is 16.1 Å². The molecule has 1 fully saturated rings. The summed E-state index contributed by atoms with van der Waals surface area (Å²) in [5.41, 5.74) is 2.83. The lowest BCUT2D eigenvalue weighted by atomic mass is 10.1. The summed E-state index contributed by atoms with van der Waals surface area (Å²) in [6.45, 7) is 5.17. The minimum absolute atomic E-state index is 0.0140. The molecule has 1 aliphatic heterocycles. The third-order valence-electron chi connectivity index (χ3n) is 2.64. The Labute approximate surface area is 88.4 Å². The number of nitrogens with zero attached hydrogens (tertiary/aromatic N) is 2. The Balaban J connectivity index is 2.05. The quantitative estimate of drug-likeness (QED) is 0.781. The van der Waals surface area contributed by atoms with Crippen LogP contribution in [0.2, 0.25) is 0 Å². The van der Waals surface area contributed by atoms with Crippen molar-refractivity contribution in [1.82, 2.24) is 15.3 Å². The normalized spacial score (nSPS) is 16.0. The first kappa shape index (κ1) is 10.2. The highest BCUT2D eigenvalue weighted by molar-refractivity contribution is 5.78. The number of carbonyl (C=O) groups excluding carboxylic acids is 1. The number of H-pyrrole nitrogens is 1. The number of hydrogen-bond acceptors (Lipinski definition) is 3. The van der Waals surface area contributed by atoms with Crippen LogP contribution in [0.5, 0.6) is 0 Å². The summed E-state index contributed by atoms with van der Waals surface area (Å²) in [4.78, 5) is 17.0. The molecule has 0 saturated carbocycles. The van der Waals surface area contributed by atoms with Gasteiger partial charge in [-0.15, -0.1) is 0 Å². The van der Waals surface area contributed by atoms with Crippen molar-refractivity contribution in [3.63, 3.8) is 0 Å². The van der Waals surface area contributed by atoms with Crippen molar-refractivity contribution in [1.29, 1.82) is 0 Å². The zero-order chi connectivity index (χ0) is 10.8. The van der Waals surface area contributed by atoms with E-state index >= 15 is 0 Å². The number of aromatic nitrogens is 2. The Morgan fingerprint density at radius 2 is 2.40 bits per heavy atom. The molecule has 0 aromatic carbocycles. The lowest BCUT2D eigenvalue weighted by Crippen LogP contribution is -2.28. The summed E-state index contributed by atoms with van der Waals surface area (Å²) in [7, 11) is 0. The summed E-state index contributed by atoms with van der Waals surface area (Å²) < 4.78 is 0. The molecule has 0 unspecified atom stereocenters. The Hall–Kier alpha value is -1.36. The van der Waals surface area contributed by atoms with Crippen molar-refractivity contribution in [2.75, 3.05) is 13.2 Å². The minimum atomic E-state index is 0.0140. The van der Waals surface area contributed by atoms with Gasteiger partial charge in [-0.3, -0.25) is 14.7 Å². The fourth-order valence-corrected chi connectivity index (χ4v) is 1.72. The van der Waals surface area contributed by atoms with Gasteiger partial charge in [-0.05, 0) is 20.3 Å². The monoisotopic (exact) mass is 209 g/mol. The van der Waals surface area contributed by atoms with Gasteiger partial charge in [0.05, 0.1) is 25.3 Å². The molecule has 0 spiro atoms. The third kappa shape index (κ3) is 2.02. The van der Waals surface area contributed by atoms with E-state index in [1.54, 1.807) is 0 Å². The van der Waals surface area contributed by atoms with Crippen molar-refractivity contribution in [3.05, 3.63) is 17.0 Å². The summed E-state index contributed by atoms with van der Waals surface area (Å²) in [6, 6.07) is 0. The van der Waals surface area contributed by atoms with Crippen molar-refractivity contribution >= 4 is 5.91 Å². The second-order valence-electron chi connectivity index (χ2n) is 3.77. The maximum Gasteiger partial charge on any atom is 0.250 e. The SMILES string of the molecule is Cc1n[nH]c(C)c1CC(=O)N1CCCO1. The number of hydroxylamine groups is 2. The molecule has 1 aromatic rings. The second kappa shape index (κ2) is 4.02. The number of hydrogen-bond donors (Lipinski definition) is 1. The molecule has 0 radical (unpaired) electrons. The zero-order valence-corrected chi connectivity index (χ0v) is 9.04. The standard InChI is InChI=1S/C10H15N3O2/c1-7-9(8(2)12-11-7)6-10(14)13-4-3-5-15-13/h3-6H2,1-2H3,(H,11,12). The number of aromatic amines is 1. The first-order chi connectivity index (χ1) is 7.18. The predicted molar refractivity (Wildman–Crippen MR) is 54.0 cm³/mol. The van der Waals surface area contributed by atoms with Crippen LogP contribution < -0.4 is 0 Å². The summed E-state index contributed by atoms with van der Waals surface area (Å²) in [5.74, 6) is 0.0140. The van der Waals surface area contributed by atoms with Crippen molar-refractivity contribution in [2.24, 2.45) is 0 Å². The average Bonchev–Trinajstić information content (AvgIpc) is 2.82.